The fourth-order valence-electron chi connectivity index (χ4n) is 3.15. The van der Waals surface area contributed by atoms with Crippen LogP contribution < -0.4 is 14.8 Å². The van der Waals surface area contributed by atoms with Gasteiger partial charge in [-0.15, -0.1) is 0 Å². The van der Waals surface area contributed by atoms with E-state index in [9.17, 15) is 9.18 Å². The number of Topliss-reactive ketones (excluding diaryl/α,β-unsaturated/α-hetero) is 1. The molecule has 0 bridgehead atoms. The topological polar surface area (TPSA) is 91.2 Å². The lowest BCUT2D eigenvalue weighted by molar-refractivity contribution is 0.0987. The highest BCUT2D eigenvalue weighted by Gasteiger charge is 2.15. The van der Waals surface area contributed by atoms with Gasteiger partial charge in [0, 0.05) is 41.3 Å². The van der Waals surface area contributed by atoms with Crippen LogP contribution in [-0.4, -0.2) is 32.4 Å². The van der Waals surface area contributed by atoms with Crippen LogP contribution in [0.4, 0.5) is 16.0 Å². The highest BCUT2D eigenvalue weighted by atomic mass is 19.1. The van der Waals surface area contributed by atoms with Gasteiger partial charge in [0.15, 0.2) is 23.1 Å². The van der Waals surface area contributed by atoms with Gasteiger partial charge >= 0.3 is 0 Å². The molecule has 0 spiro atoms. The van der Waals surface area contributed by atoms with E-state index < -0.39 is 5.82 Å². The Morgan fingerprint density at radius 2 is 1.91 bits per heavy atom. The highest BCUT2D eigenvalue weighted by Crippen LogP contribution is 2.25. The Hall–Kier alpha value is -4.27. The summed E-state index contributed by atoms with van der Waals surface area (Å²) < 4.78 is 27.2. The van der Waals surface area contributed by atoms with Crippen molar-refractivity contribution in [3.63, 3.8) is 0 Å². The molecule has 4 rings (SSSR count). The highest BCUT2D eigenvalue weighted by molar-refractivity contribution is 5.96. The summed E-state index contributed by atoms with van der Waals surface area (Å²) in [5.74, 6) is 0.0836. The molecule has 0 radical (unpaired) electrons. The number of benzene rings is 2. The van der Waals surface area contributed by atoms with Crippen LogP contribution in [0, 0.1) is 5.82 Å². The largest absolute Gasteiger partial charge is 0.494 e. The molecule has 8 nitrogen and oxygen atoms in total. The van der Waals surface area contributed by atoms with Gasteiger partial charge < -0.3 is 19.4 Å². The Labute approximate surface area is 190 Å². The van der Waals surface area contributed by atoms with Gasteiger partial charge in [-0.25, -0.2) is 19.3 Å². The summed E-state index contributed by atoms with van der Waals surface area (Å²) in [6.45, 7) is 1.65. The molecule has 0 aliphatic heterocycles. The number of ketones is 1. The van der Waals surface area contributed by atoms with Crippen molar-refractivity contribution in [3.05, 3.63) is 84.5 Å². The number of hydrogen-bond donors (Lipinski definition) is 1. The van der Waals surface area contributed by atoms with Crippen LogP contribution in [0.25, 0.3) is 5.69 Å². The van der Waals surface area contributed by atoms with Gasteiger partial charge in [-0.1, -0.05) is 6.92 Å². The number of carbonyl (C=O) groups excluding carboxylic acids is 1. The maximum absolute atomic E-state index is 14.6. The number of rotatable bonds is 9. The van der Waals surface area contributed by atoms with E-state index in [-0.39, 0.29) is 23.7 Å². The van der Waals surface area contributed by atoms with Gasteiger partial charge in [0.1, 0.15) is 6.61 Å². The van der Waals surface area contributed by atoms with Crippen molar-refractivity contribution in [2.24, 2.45) is 0 Å². The Morgan fingerprint density at radius 1 is 1.15 bits per heavy atom. The van der Waals surface area contributed by atoms with Crippen molar-refractivity contribution in [1.29, 1.82) is 0 Å². The number of halogens is 1. The van der Waals surface area contributed by atoms with E-state index in [0.717, 1.165) is 11.4 Å². The number of nitrogens with zero attached hydrogens (tertiary/aromatic N) is 4. The van der Waals surface area contributed by atoms with Crippen molar-refractivity contribution in [1.82, 2.24) is 19.5 Å². The van der Waals surface area contributed by atoms with E-state index >= 15 is 0 Å². The molecular weight excluding hydrogens is 425 g/mol. The summed E-state index contributed by atoms with van der Waals surface area (Å²) in [4.78, 5) is 24.5. The molecule has 1 N–H and O–H groups in total. The molecule has 0 amide bonds. The van der Waals surface area contributed by atoms with Crippen molar-refractivity contribution in [2.75, 3.05) is 12.4 Å². The zero-order valence-corrected chi connectivity index (χ0v) is 18.2. The lowest BCUT2D eigenvalue weighted by Crippen LogP contribution is -2.06. The molecule has 0 saturated carbocycles. The summed E-state index contributed by atoms with van der Waals surface area (Å²) in [6, 6.07) is 10.6. The fraction of sp³-hybridized carbons (Fsp3) is 0.167. The molecule has 2 aromatic heterocycles. The predicted octanol–water partition coefficient (Wildman–Crippen LogP) is 4.73. The lowest BCUT2D eigenvalue weighted by atomic mass is 10.0. The minimum Gasteiger partial charge on any atom is -0.494 e. The third-order valence-electron chi connectivity index (χ3n) is 4.93. The number of aromatic nitrogens is 4. The molecule has 168 valence electrons. The second-order valence-corrected chi connectivity index (χ2v) is 7.10. The SMILES string of the molecule is CCC(=O)c1cc(COc2cnc(Nc3ccc(-n4ccnc4)cc3)nc2)c(F)c(OC)c1. The molecule has 33 heavy (non-hydrogen) atoms. The van der Waals surface area contributed by atoms with Gasteiger partial charge in [-0.3, -0.25) is 4.79 Å². The molecule has 0 saturated heterocycles. The van der Waals surface area contributed by atoms with E-state index in [1.807, 2.05) is 35.0 Å². The summed E-state index contributed by atoms with van der Waals surface area (Å²) >= 11 is 0. The van der Waals surface area contributed by atoms with Gasteiger partial charge in [0.2, 0.25) is 5.95 Å². The summed E-state index contributed by atoms with van der Waals surface area (Å²) in [5.41, 5.74) is 2.39. The van der Waals surface area contributed by atoms with Crippen molar-refractivity contribution >= 4 is 17.4 Å². The van der Waals surface area contributed by atoms with Crippen LogP contribution >= 0.6 is 0 Å². The van der Waals surface area contributed by atoms with Gasteiger partial charge in [-0.2, -0.15) is 0 Å². The standard InChI is InChI=1S/C24H22FN5O3/c1-3-21(31)16-10-17(23(25)22(11-16)32-2)14-33-20-12-27-24(28-13-20)29-18-4-6-19(7-5-18)30-9-8-26-15-30/h4-13,15H,3,14H2,1-2H3,(H,27,28,29). The second-order valence-electron chi connectivity index (χ2n) is 7.10. The summed E-state index contributed by atoms with van der Waals surface area (Å²) in [6.07, 6.45) is 8.60. The van der Waals surface area contributed by atoms with Crippen LogP contribution in [0.1, 0.15) is 29.3 Å². The second kappa shape index (κ2) is 9.90. The van der Waals surface area contributed by atoms with Gasteiger partial charge in [-0.05, 0) is 36.4 Å². The molecule has 0 unspecified atom stereocenters. The van der Waals surface area contributed by atoms with Crippen molar-refractivity contribution in [3.8, 4) is 17.2 Å². The molecule has 4 aromatic rings. The monoisotopic (exact) mass is 447 g/mol. The van der Waals surface area contributed by atoms with Crippen molar-refractivity contribution in [2.45, 2.75) is 20.0 Å². The van der Waals surface area contributed by atoms with Crippen LogP contribution in [0.2, 0.25) is 0 Å². The Morgan fingerprint density at radius 3 is 2.55 bits per heavy atom. The van der Waals surface area contributed by atoms with Crippen LogP contribution in [0.3, 0.4) is 0 Å². The lowest BCUT2D eigenvalue weighted by Gasteiger charge is -2.12. The summed E-state index contributed by atoms with van der Waals surface area (Å²) in [7, 11) is 1.36. The van der Waals surface area contributed by atoms with Crippen LogP contribution in [0.15, 0.2) is 67.5 Å². The molecule has 0 aliphatic carbocycles. The first-order valence-corrected chi connectivity index (χ1v) is 10.3. The average Bonchev–Trinajstić information content (AvgIpc) is 3.39. The van der Waals surface area contributed by atoms with E-state index in [4.69, 9.17) is 9.47 Å². The van der Waals surface area contributed by atoms with Crippen molar-refractivity contribution < 1.29 is 18.7 Å². The molecule has 0 atom stereocenters. The number of carbonyl (C=O) groups is 1. The zero-order chi connectivity index (χ0) is 23.2. The van der Waals surface area contributed by atoms with Crippen LogP contribution in [-0.2, 0) is 6.61 Å². The third-order valence-corrected chi connectivity index (χ3v) is 4.93. The maximum Gasteiger partial charge on any atom is 0.227 e. The number of anilines is 2. The minimum atomic E-state index is -0.566. The minimum absolute atomic E-state index is 0.00255. The number of nitrogens with one attached hydrogen (secondary N) is 1. The fourth-order valence-corrected chi connectivity index (χ4v) is 3.15. The predicted molar refractivity (Wildman–Crippen MR) is 121 cm³/mol. The van der Waals surface area contributed by atoms with E-state index in [1.165, 1.54) is 31.6 Å². The molecule has 0 aliphatic rings. The quantitative estimate of drug-likeness (QED) is 0.371. The Bertz CT molecular complexity index is 1230. The average molecular weight is 447 g/mol. The van der Waals surface area contributed by atoms with E-state index in [1.54, 1.807) is 19.4 Å². The smallest absolute Gasteiger partial charge is 0.227 e. The first kappa shape index (κ1) is 21.9. The number of ether oxygens (including phenoxy) is 2. The molecule has 2 aromatic carbocycles. The van der Waals surface area contributed by atoms with Crippen LogP contribution in [0.5, 0.6) is 11.5 Å². The number of hydrogen-bond acceptors (Lipinski definition) is 7. The maximum atomic E-state index is 14.6. The first-order chi connectivity index (χ1) is 16.1. The first-order valence-electron chi connectivity index (χ1n) is 10.3. The van der Waals surface area contributed by atoms with E-state index in [0.29, 0.717) is 23.7 Å². The summed E-state index contributed by atoms with van der Waals surface area (Å²) in [5, 5.41) is 3.11. The molecule has 0 fully saturated rings. The molecule has 9 heteroatoms. The number of imidazole rings is 1. The molecule has 2 heterocycles. The van der Waals surface area contributed by atoms with E-state index in [2.05, 4.69) is 20.3 Å². The van der Waals surface area contributed by atoms with Gasteiger partial charge in [0.05, 0.1) is 25.8 Å². The molecular formula is C24H22FN5O3. The Balaban J connectivity index is 1.40. The third kappa shape index (κ3) is 5.15. The van der Waals surface area contributed by atoms with Gasteiger partial charge in [0.25, 0.3) is 0 Å². The Kier molecular flexibility index (Phi) is 6.58. The normalized spacial score (nSPS) is 10.6. The number of methoxy groups -OCH3 is 1. The zero-order valence-electron chi connectivity index (χ0n) is 18.2.